The molecular weight excluding hydrogens is 282 g/mol. The van der Waals surface area contributed by atoms with Gasteiger partial charge in [0.05, 0.1) is 6.61 Å². The van der Waals surface area contributed by atoms with E-state index < -0.39 is 21.7 Å². The Hall–Kier alpha value is -1.60. The highest BCUT2D eigenvalue weighted by Crippen LogP contribution is 2.24. The first kappa shape index (κ1) is 14.8. The number of ether oxygens (including phenoxy) is 1. The number of fused-ring (bicyclic) bond motifs is 1. The fourth-order valence-corrected chi connectivity index (χ4v) is 3.47. The molecule has 0 radical (unpaired) electrons. The van der Waals surface area contributed by atoms with Crippen LogP contribution in [0.25, 0.3) is 0 Å². The second-order valence-electron chi connectivity index (χ2n) is 4.60. The van der Waals surface area contributed by atoms with Crippen molar-refractivity contribution < 1.29 is 23.1 Å². The number of benzene rings is 1. The van der Waals surface area contributed by atoms with E-state index in [0.717, 1.165) is 11.1 Å². The zero-order valence-corrected chi connectivity index (χ0v) is 12.0. The lowest BCUT2D eigenvalue weighted by atomic mass is 10.0. The van der Waals surface area contributed by atoms with Crippen LogP contribution in [0.4, 0.5) is 0 Å². The number of phenolic OH excluding ortho intramolecular Hbond substituents is 1. The summed E-state index contributed by atoms with van der Waals surface area (Å²) in [6.07, 6.45) is 0.567. The molecule has 0 amide bonds. The molecule has 0 atom stereocenters. The summed E-state index contributed by atoms with van der Waals surface area (Å²) >= 11 is 0. The van der Waals surface area contributed by atoms with Crippen molar-refractivity contribution >= 4 is 16.0 Å². The molecule has 1 heterocycles. The molecule has 1 aromatic rings. The minimum absolute atomic E-state index is 0.105. The van der Waals surface area contributed by atoms with Crippen LogP contribution in [0.1, 0.15) is 18.1 Å². The Kier molecular flexibility index (Phi) is 4.29. The molecule has 0 unspecified atom stereocenters. The van der Waals surface area contributed by atoms with Crippen LogP contribution in [-0.4, -0.2) is 42.7 Å². The van der Waals surface area contributed by atoms with Crippen molar-refractivity contribution in [2.75, 3.05) is 18.9 Å². The molecule has 20 heavy (non-hydrogen) atoms. The second kappa shape index (κ2) is 5.80. The van der Waals surface area contributed by atoms with Crippen LogP contribution in [0.5, 0.6) is 5.75 Å². The quantitative estimate of drug-likeness (QED) is 0.825. The minimum Gasteiger partial charge on any atom is -0.508 e. The summed E-state index contributed by atoms with van der Waals surface area (Å²) in [5, 5.41) is 9.45. The van der Waals surface area contributed by atoms with E-state index in [1.165, 1.54) is 4.31 Å². The summed E-state index contributed by atoms with van der Waals surface area (Å²) in [5.41, 5.74) is 1.79. The van der Waals surface area contributed by atoms with Gasteiger partial charge in [-0.05, 0) is 36.6 Å². The normalized spacial score (nSPS) is 15.7. The summed E-state index contributed by atoms with van der Waals surface area (Å²) < 4.78 is 30.2. The standard InChI is InChI=1S/C13H17NO5S/c1-2-19-13(16)9-20(17,18)14-6-5-10-3-4-12(15)7-11(10)8-14/h3-4,7,15H,2,5-6,8-9H2,1H3. The lowest BCUT2D eigenvalue weighted by Gasteiger charge is -2.27. The Morgan fingerprint density at radius 2 is 2.15 bits per heavy atom. The molecular formula is C13H17NO5S. The maximum atomic E-state index is 12.1. The van der Waals surface area contributed by atoms with Crippen molar-refractivity contribution in [2.24, 2.45) is 0 Å². The SMILES string of the molecule is CCOC(=O)CS(=O)(=O)N1CCc2ccc(O)cc2C1. The summed E-state index contributed by atoms with van der Waals surface area (Å²) in [7, 11) is -3.68. The third-order valence-corrected chi connectivity index (χ3v) is 4.87. The third kappa shape index (κ3) is 3.29. The molecule has 1 aliphatic rings. The number of nitrogens with zero attached hydrogens (tertiary/aromatic N) is 1. The average molecular weight is 299 g/mol. The average Bonchev–Trinajstić information content (AvgIpc) is 2.37. The molecule has 1 aliphatic heterocycles. The number of carbonyl (C=O) groups is 1. The van der Waals surface area contributed by atoms with E-state index >= 15 is 0 Å². The highest BCUT2D eigenvalue weighted by Gasteiger charge is 2.29. The first-order valence-electron chi connectivity index (χ1n) is 6.36. The van der Waals surface area contributed by atoms with Crippen molar-refractivity contribution in [3.8, 4) is 5.75 Å². The Labute approximate surface area is 118 Å². The van der Waals surface area contributed by atoms with Crippen LogP contribution in [0.2, 0.25) is 0 Å². The number of hydrogen-bond acceptors (Lipinski definition) is 5. The fraction of sp³-hybridized carbons (Fsp3) is 0.462. The van der Waals surface area contributed by atoms with E-state index in [-0.39, 0.29) is 18.9 Å². The Morgan fingerprint density at radius 1 is 1.40 bits per heavy atom. The van der Waals surface area contributed by atoms with Crippen LogP contribution in [0.3, 0.4) is 0 Å². The van der Waals surface area contributed by atoms with Crippen molar-refractivity contribution in [3.63, 3.8) is 0 Å². The van der Waals surface area contributed by atoms with Gasteiger partial charge >= 0.3 is 5.97 Å². The zero-order valence-electron chi connectivity index (χ0n) is 11.2. The molecule has 1 N–H and O–H groups in total. The topological polar surface area (TPSA) is 83.9 Å². The first-order chi connectivity index (χ1) is 9.42. The number of carbonyl (C=O) groups excluding carboxylic acids is 1. The number of phenols is 1. The van der Waals surface area contributed by atoms with Crippen LogP contribution in [0, 0.1) is 0 Å². The molecule has 1 aromatic carbocycles. The molecule has 0 fully saturated rings. The molecule has 0 saturated carbocycles. The van der Waals surface area contributed by atoms with Crippen LogP contribution in [0.15, 0.2) is 18.2 Å². The predicted molar refractivity (Wildman–Crippen MR) is 72.6 cm³/mol. The monoisotopic (exact) mass is 299 g/mol. The maximum Gasteiger partial charge on any atom is 0.322 e. The van der Waals surface area contributed by atoms with Gasteiger partial charge in [-0.25, -0.2) is 8.42 Å². The van der Waals surface area contributed by atoms with Gasteiger partial charge in [0, 0.05) is 13.1 Å². The molecule has 0 aliphatic carbocycles. The summed E-state index contributed by atoms with van der Waals surface area (Å²) in [6.45, 7) is 2.29. The Morgan fingerprint density at radius 3 is 2.85 bits per heavy atom. The second-order valence-corrected chi connectivity index (χ2v) is 6.57. The number of aromatic hydroxyl groups is 1. The zero-order chi connectivity index (χ0) is 14.8. The minimum atomic E-state index is -3.68. The molecule has 6 nitrogen and oxygen atoms in total. The number of esters is 1. The van der Waals surface area contributed by atoms with Gasteiger partial charge in [-0.2, -0.15) is 4.31 Å². The van der Waals surface area contributed by atoms with E-state index in [9.17, 15) is 18.3 Å². The lowest BCUT2D eigenvalue weighted by Crippen LogP contribution is -2.39. The molecule has 0 aromatic heterocycles. The van der Waals surface area contributed by atoms with Gasteiger partial charge in [-0.3, -0.25) is 4.79 Å². The van der Waals surface area contributed by atoms with E-state index in [2.05, 4.69) is 4.74 Å². The highest BCUT2D eigenvalue weighted by atomic mass is 32.2. The number of sulfonamides is 1. The molecule has 0 bridgehead atoms. The van der Waals surface area contributed by atoms with Gasteiger partial charge in [0.15, 0.2) is 5.75 Å². The smallest absolute Gasteiger partial charge is 0.322 e. The highest BCUT2D eigenvalue weighted by molar-refractivity contribution is 7.89. The summed E-state index contributed by atoms with van der Waals surface area (Å²) in [4.78, 5) is 11.3. The fourth-order valence-electron chi connectivity index (χ4n) is 2.20. The van der Waals surface area contributed by atoms with Crippen LogP contribution >= 0.6 is 0 Å². The van der Waals surface area contributed by atoms with Gasteiger partial charge in [0.1, 0.15) is 5.75 Å². The van der Waals surface area contributed by atoms with E-state index in [1.807, 2.05) is 0 Å². The summed E-state index contributed by atoms with van der Waals surface area (Å²) in [6, 6.07) is 4.93. The largest absolute Gasteiger partial charge is 0.508 e. The molecule has 110 valence electrons. The Balaban J connectivity index is 2.13. The van der Waals surface area contributed by atoms with Crippen molar-refractivity contribution in [1.29, 1.82) is 0 Å². The van der Waals surface area contributed by atoms with Crippen molar-refractivity contribution in [3.05, 3.63) is 29.3 Å². The van der Waals surface area contributed by atoms with E-state index in [1.54, 1.807) is 25.1 Å². The van der Waals surface area contributed by atoms with Gasteiger partial charge in [-0.15, -0.1) is 0 Å². The van der Waals surface area contributed by atoms with E-state index in [0.29, 0.717) is 13.0 Å². The summed E-state index contributed by atoms with van der Waals surface area (Å²) in [5.74, 6) is -1.28. The number of rotatable bonds is 4. The molecule has 2 rings (SSSR count). The van der Waals surface area contributed by atoms with Crippen molar-refractivity contribution in [1.82, 2.24) is 4.31 Å². The van der Waals surface area contributed by atoms with Gasteiger partial charge < -0.3 is 9.84 Å². The first-order valence-corrected chi connectivity index (χ1v) is 7.97. The van der Waals surface area contributed by atoms with Gasteiger partial charge in [-0.1, -0.05) is 6.07 Å². The predicted octanol–water partition coefficient (Wildman–Crippen LogP) is 0.643. The Bertz CT molecular complexity index is 611. The maximum absolute atomic E-state index is 12.1. The van der Waals surface area contributed by atoms with Crippen molar-refractivity contribution in [2.45, 2.75) is 19.9 Å². The lowest BCUT2D eigenvalue weighted by molar-refractivity contribution is -0.140. The molecule has 7 heteroatoms. The van der Waals surface area contributed by atoms with Gasteiger partial charge in [0.25, 0.3) is 0 Å². The van der Waals surface area contributed by atoms with E-state index in [4.69, 9.17) is 0 Å². The molecule has 0 spiro atoms. The molecule has 0 saturated heterocycles. The van der Waals surface area contributed by atoms with Crippen LogP contribution < -0.4 is 0 Å². The third-order valence-electron chi connectivity index (χ3n) is 3.17. The van der Waals surface area contributed by atoms with Crippen LogP contribution in [-0.2, 0) is 32.5 Å². The number of hydrogen-bond donors (Lipinski definition) is 1. The van der Waals surface area contributed by atoms with Gasteiger partial charge in [0.2, 0.25) is 10.0 Å².